The predicted octanol–water partition coefficient (Wildman–Crippen LogP) is 0.136. The van der Waals surface area contributed by atoms with Gasteiger partial charge >= 0.3 is 17.9 Å². The molecule has 3 heterocycles. The molecule has 0 aromatic rings. The molecule has 13 nitrogen and oxygen atoms in total. The van der Waals surface area contributed by atoms with Crippen molar-refractivity contribution in [2.45, 2.75) is 115 Å². The summed E-state index contributed by atoms with van der Waals surface area (Å²) in [5, 5.41) is 36.5. The highest BCUT2D eigenvalue weighted by Crippen LogP contribution is 2.80. The van der Waals surface area contributed by atoms with Crippen LogP contribution in [0.1, 0.15) is 54.9 Å². The molecule has 1 spiro atoms. The topological polar surface area (TPSA) is 191 Å². The summed E-state index contributed by atoms with van der Waals surface area (Å²) < 4.78 is 36.2. The SMILES string of the molecule is CO[C@H]1C(=O)[C@H]2C[C@@H]3O[C@@H]3[C@H](O)[C@]2(C)C2C1[C@@H]1[C@@H](O)[C@@H]3[C@H]([C@H](C)[C@H]4O[C@]45OC(=O)[C@@](C)(O)[C@]35C)[C@@]1(C)[C@@H](OC(C)=O)[C@H]2OC(C)=O. The van der Waals surface area contributed by atoms with Gasteiger partial charge in [0.2, 0.25) is 5.79 Å². The average molecular weight is 649 g/mol. The molecule has 13 heteroatoms. The maximum Gasteiger partial charge on any atom is 0.341 e. The maximum absolute atomic E-state index is 14.5. The van der Waals surface area contributed by atoms with Crippen molar-refractivity contribution in [2.75, 3.05) is 7.11 Å². The van der Waals surface area contributed by atoms with Gasteiger partial charge in [-0.3, -0.25) is 14.4 Å². The Morgan fingerprint density at radius 3 is 2.20 bits per heavy atom. The molecule has 8 fully saturated rings. The smallest absolute Gasteiger partial charge is 0.341 e. The summed E-state index contributed by atoms with van der Waals surface area (Å²) in [6.07, 6.45) is -6.83. The molecule has 0 radical (unpaired) electrons. The van der Waals surface area contributed by atoms with Crippen molar-refractivity contribution in [3.05, 3.63) is 0 Å². The molecular weight excluding hydrogens is 604 g/mol. The van der Waals surface area contributed by atoms with E-state index in [1.807, 2.05) is 13.8 Å². The Bertz CT molecular complexity index is 1450. The number of esters is 3. The first-order chi connectivity index (χ1) is 21.4. The van der Waals surface area contributed by atoms with E-state index >= 15 is 0 Å². The van der Waals surface area contributed by atoms with Crippen LogP contribution in [0.15, 0.2) is 0 Å². The van der Waals surface area contributed by atoms with E-state index in [1.54, 1.807) is 13.8 Å². The molecular formula is C33H44O13. The molecule has 254 valence electrons. The van der Waals surface area contributed by atoms with Crippen LogP contribution in [-0.2, 0) is 47.6 Å². The van der Waals surface area contributed by atoms with Gasteiger partial charge in [0, 0.05) is 61.4 Å². The lowest BCUT2D eigenvalue weighted by Gasteiger charge is -2.65. The summed E-state index contributed by atoms with van der Waals surface area (Å²) in [4.78, 5) is 53.7. The number of Topliss-reactive ketones (excluding diaryl/α,β-unsaturated/α-hetero) is 1. The second-order valence-electron chi connectivity index (χ2n) is 16.2. The van der Waals surface area contributed by atoms with Crippen molar-refractivity contribution < 1.29 is 62.9 Å². The fourth-order valence-corrected chi connectivity index (χ4v) is 12.8. The zero-order valence-electron chi connectivity index (χ0n) is 27.3. The van der Waals surface area contributed by atoms with Crippen molar-refractivity contribution in [3.63, 3.8) is 0 Å². The first-order valence-electron chi connectivity index (χ1n) is 16.4. The number of aliphatic hydroxyl groups is 3. The van der Waals surface area contributed by atoms with E-state index in [1.165, 1.54) is 27.9 Å². The van der Waals surface area contributed by atoms with E-state index in [2.05, 4.69) is 0 Å². The van der Waals surface area contributed by atoms with Crippen molar-refractivity contribution >= 4 is 23.7 Å². The molecule has 3 aliphatic heterocycles. The molecule has 2 unspecified atom stereocenters. The Morgan fingerprint density at radius 1 is 0.935 bits per heavy atom. The third-order valence-corrected chi connectivity index (χ3v) is 14.7. The third-order valence-electron chi connectivity index (χ3n) is 14.7. The summed E-state index contributed by atoms with van der Waals surface area (Å²) in [7, 11) is 1.43. The Morgan fingerprint density at radius 2 is 1.59 bits per heavy atom. The number of fused-ring (bicyclic) bond motifs is 9. The lowest BCUT2D eigenvalue weighted by atomic mass is 9.41. The number of rotatable bonds is 3. The van der Waals surface area contributed by atoms with Gasteiger partial charge in [-0.05, 0) is 32.1 Å². The number of carbonyl (C=O) groups is 4. The van der Waals surface area contributed by atoms with E-state index in [0.717, 1.165) is 0 Å². The number of methoxy groups -OCH3 is 1. The summed E-state index contributed by atoms with van der Waals surface area (Å²) in [5.41, 5.74) is -5.91. The van der Waals surface area contributed by atoms with Gasteiger partial charge in [-0.1, -0.05) is 20.8 Å². The number of hydrogen-bond acceptors (Lipinski definition) is 13. The van der Waals surface area contributed by atoms with Crippen LogP contribution in [0.25, 0.3) is 0 Å². The predicted molar refractivity (Wildman–Crippen MR) is 151 cm³/mol. The van der Waals surface area contributed by atoms with Crippen LogP contribution in [0.4, 0.5) is 0 Å². The number of ether oxygens (including phenoxy) is 6. The summed E-state index contributed by atoms with van der Waals surface area (Å²) >= 11 is 0. The number of epoxide rings is 2. The van der Waals surface area contributed by atoms with E-state index in [0.29, 0.717) is 6.42 Å². The molecule has 3 saturated heterocycles. The molecule has 5 saturated carbocycles. The number of ketones is 1. The third kappa shape index (κ3) is 3.11. The largest absolute Gasteiger partial charge is 0.458 e. The molecule has 3 N–H and O–H groups in total. The molecule has 5 aliphatic carbocycles. The summed E-state index contributed by atoms with van der Waals surface area (Å²) in [6.45, 7) is 11.2. The Kier molecular flexibility index (Phi) is 6.02. The van der Waals surface area contributed by atoms with Gasteiger partial charge < -0.3 is 43.7 Å². The van der Waals surface area contributed by atoms with Gasteiger partial charge in [-0.25, -0.2) is 4.79 Å². The Balaban J connectivity index is 1.39. The van der Waals surface area contributed by atoms with Crippen LogP contribution in [0.2, 0.25) is 0 Å². The van der Waals surface area contributed by atoms with E-state index in [-0.39, 0.29) is 17.8 Å². The molecule has 20 atom stereocenters. The van der Waals surface area contributed by atoms with Crippen LogP contribution in [0, 0.1) is 57.7 Å². The minimum absolute atomic E-state index is 0.232. The quantitative estimate of drug-likeness (QED) is 0.213. The van der Waals surface area contributed by atoms with Gasteiger partial charge in [0.1, 0.15) is 30.5 Å². The van der Waals surface area contributed by atoms with Crippen LogP contribution in [-0.4, -0.2) is 106 Å². The lowest BCUT2D eigenvalue weighted by Crippen LogP contribution is -2.74. The average Bonchev–Trinajstić information content (AvgIpc) is 3.86. The highest BCUT2D eigenvalue weighted by Gasteiger charge is 2.93. The van der Waals surface area contributed by atoms with Gasteiger partial charge in [-0.2, -0.15) is 0 Å². The molecule has 8 rings (SSSR count). The van der Waals surface area contributed by atoms with Gasteiger partial charge in [0.15, 0.2) is 11.4 Å². The molecule has 0 aromatic heterocycles. The minimum Gasteiger partial charge on any atom is -0.458 e. The molecule has 0 aromatic carbocycles. The zero-order chi connectivity index (χ0) is 33.4. The van der Waals surface area contributed by atoms with Gasteiger partial charge in [0.25, 0.3) is 0 Å². The van der Waals surface area contributed by atoms with E-state index < -0.39 is 124 Å². The van der Waals surface area contributed by atoms with Crippen molar-refractivity contribution in [2.24, 2.45) is 57.7 Å². The standard InChI is InChI=1S/C33H44O13/c1-10-16-19(31(6)32(7,40)28(39)46-33(31)26(10)45-33)21(37)17-15-18(24(42-11(2)34)27(30(16,17)5)43-12(3)35)29(4)13(20(36)23(15)41-8)9-14-22(44-14)25(29)38/h10,13-19,21-27,37-38,40H,9H2,1-8H3/t10-,13+,14-,15?,16-,17+,18?,19-,21+,22-,23+,24-,25-,26+,27-,29-,30+,31-,32+,33-/m0/s1. The highest BCUT2D eigenvalue weighted by molar-refractivity contribution is 5.88. The number of carbonyl (C=O) groups excluding carboxylic acids is 4. The van der Waals surface area contributed by atoms with Crippen LogP contribution in [0.5, 0.6) is 0 Å². The molecule has 0 amide bonds. The van der Waals surface area contributed by atoms with E-state index in [9.17, 15) is 34.5 Å². The normalized spacial score (nSPS) is 61.8. The van der Waals surface area contributed by atoms with Crippen LogP contribution < -0.4 is 0 Å². The van der Waals surface area contributed by atoms with Gasteiger partial charge in [0.05, 0.1) is 23.7 Å². The summed E-state index contributed by atoms with van der Waals surface area (Å²) in [5.74, 6) is -8.83. The summed E-state index contributed by atoms with van der Waals surface area (Å²) in [6, 6.07) is 0. The molecule has 0 bridgehead atoms. The second-order valence-corrected chi connectivity index (χ2v) is 16.2. The van der Waals surface area contributed by atoms with Crippen molar-refractivity contribution in [3.8, 4) is 0 Å². The van der Waals surface area contributed by atoms with Crippen LogP contribution in [0.3, 0.4) is 0 Å². The zero-order valence-corrected chi connectivity index (χ0v) is 27.3. The minimum atomic E-state index is -2.06. The second kappa shape index (κ2) is 8.89. The van der Waals surface area contributed by atoms with Crippen molar-refractivity contribution in [1.29, 1.82) is 0 Å². The number of aliphatic hydroxyl groups excluding tert-OH is 2. The monoisotopic (exact) mass is 648 g/mol. The first-order valence-corrected chi connectivity index (χ1v) is 16.4. The van der Waals surface area contributed by atoms with E-state index in [4.69, 9.17) is 28.4 Å². The lowest BCUT2D eigenvalue weighted by molar-refractivity contribution is -0.273. The molecule has 8 aliphatic rings. The highest BCUT2D eigenvalue weighted by atomic mass is 16.8. The fraction of sp³-hybridized carbons (Fsp3) is 0.879. The fourth-order valence-electron chi connectivity index (χ4n) is 12.8. The molecule has 46 heavy (non-hydrogen) atoms. The van der Waals surface area contributed by atoms with Gasteiger partial charge in [-0.15, -0.1) is 0 Å². The maximum atomic E-state index is 14.5. The first kappa shape index (κ1) is 31.1. The Labute approximate surface area is 266 Å². The Hall–Kier alpha value is -2.16. The number of hydrogen-bond donors (Lipinski definition) is 3. The van der Waals surface area contributed by atoms with Crippen LogP contribution >= 0.6 is 0 Å². The van der Waals surface area contributed by atoms with Crippen molar-refractivity contribution in [1.82, 2.24) is 0 Å².